The summed E-state index contributed by atoms with van der Waals surface area (Å²) in [5.41, 5.74) is 1.83. The Morgan fingerprint density at radius 3 is 2.29 bits per heavy atom. The van der Waals surface area contributed by atoms with Gasteiger partial charge in [0.1, 0.15) is 11.6 Å². The molecule has 3 rings (SSSR count). The average Bonchev–Trinajstić information content (AvgIpc) is 2.83. The number of ether oxygens (including phenoxy) is 2. The Labute approximate surface area is 195 Å². The first kappa shape index (κ1) is 23.7. The van der Waals surface area contributed by atoms with Gasteiger partial charge < -0.3 is 14.8 Å². The summed E-state index contributed by atoms with van der Waals surface area (Å²) in [6, 6.07) is 18.5. The van der Waals surface area contributed by atoms with E-state index < -0.39 is 16.8 Å². The van der Waals surface area contributed by atoms with Crippen LogP contribution in [0.2, 0.25) is 0 Å². The Bertz CT molecular complexity index is 1310. The van der Waals surface area contributed by atoms with Crippen molar-refractivity contribution in [3.05, 3.63) is 99.1 Å². The summed E-state index contributed by atoms with van der Waals surface area (Å²) >= 11 is 0. The fourth-order valence-corrected chi connectivity index (χ4v) is 2.89. The number of nitro groups is 1. The van der Waals surface area contributed by atoms with Gasteiger partial charge in [-0.1, -0.05) is 23.8 Å². The lowest BCUT2D eigenvalue weighted by molar-refractivity contribution is -0.384. The lowest BCUT2D eigenvalue weighted by atomic mass is 10.1. The number of carbonyl (C=O) groups is 2. The maximum Gasteiger partial charge on any atom is 0.343 e. The molecular formula is C25H19N3O6. The molecule has 0 spiro atoms. The van der Waals surface area contributed by atoms with Crippen LogP contribution in [-0.4, -0.2) is 23.9 Å². The molecule has 0 saturated carbocycles. The molecule has 1 N–H and O–H groups in total. The second kappa shape index (κ2) is 10.6. The monoisotopic (exact) mass is 457 g/mol. The maximum absolute atomic E-state index is 12.5. The van der Waals surface area contributed by atoms with Crippen molar-refractivity contribution in [1.82, 2.24) is 0 Å². The van der Waals surface area contributed by atoms with Crippen LogP contribution in [0.5, 0.6) is 11.5 Å². The van der Waals surface area contributed by atoms with E-state index in [4.69, 9.17) is 9.47 Å². The van der Waals surface area contributed by atoms with Crippen molar-refractivity contribution in [3.8, 4) is 17.6 Å². The molecule has 0 aliphatic heterocycles. The highest BCUT2D eigenvalue weighted by Crippen LogP contribution is 2.30. The standard InChI is InChI=1S/C25H19N3O6/c1-16-3-6-18(7-4-16)25(30)34-22-12-5-17(14-23(22)33-2)13-19(15-26)24(29)27-20-8-10-21(11-9-20)28(31)32/h3-14H,1-2H3,(H,27,29)/b19-13+. The van der Waals surface area contributed by atoms with Crippen LogP contribution in [0.25, 0.3) is 6.08 Å². The van der Waals surface area contributed by atoms with E-state index in [2.05, 4.69) is 5.32 Å². The van der Waals surface area contributed by atoms with Gasteiger partial charge in [-0.25, -0.2) is 4.79 Å². The van der Waals surface area contributed by atoms with Gasteiger partial charge >= 0.3 is 5.97 Å². The predicted molar refractivity (Wildman–Crippen MR) is 124 cm³/mol. The molecule has 0 unspecified atom stereocenters. The lowest BCUT2D eigenvalue weighted by Gasteiger charge is -2.10. The molecule has 34 heavy (non-hydrogen) atoms. The fourth-order valence-electron chi connectivity index (χ4n) is 2.89. The summed E-state index contributed by atoms with van der Waals surface area (Å²) in [4.78, 5) is 35.1. The van der Waals surface area contributed by atoms with Gasteiger partial charge in [0.25, 0.3) is 11.6 Å². The number of methoxy groups -OCH3 is 1. The van der Waals surface area contributed by atoms with Crippen LogP contribution in [0.1, 0.15) is 21.5 Å². The Hall–Kier alpha value is -4.97. The maximum atomic E-state index is 12.5. The number of amides is 1. The van der Waals surface area contributed by atoms with Crippen molar-refractivity contribution in [1.29, 1.82) is 5.26 Å². The largest absolute Gasteiger partial charge is 0.493 e. The van der Waals surface area contributed by atoms with Crippen molar-refractivity contribution in [2.24, 2.45) is 0 Å². The zero-order chi connectivity index (χ0) is 24.7. The van der Waals surface area contributed by atoms with Crippen LogP contribution < -0.4 is 14.8 Å². The smallest absolute Gasteiger partial charge is 0.343 e. The number of nitriles is 1. The Morgan fingerprint density at radius 2 is 1.71 bits per heavy atom. The van der Waals surface area contributed by atoms with Gasteiger partial charge in [-0.2, -0.15) is 5.26 Å². The number of benzene rings is 3. The van der Waals surface area contributed by atoms with Crippen LogP contribution >= 0.6 is 0 Å². The first-order valence-electron chi connectivity index (χ1n) is 9.95. The number of nitrogens with zero attached hydrogens (tertiary/aromatic N) is 2. The van der Waals surface area contributed by atoms with Crippen LogP contribution in [0.15, 0.2) is 72.3 Å². The molecule has 0 fully saturated rings. The highest BCUT2D eigenvalue weighted by atomic mass is 16.6. The van der Waals surface area contributed by atoms with E-state index in [0.29, 0.717) is 16.8 Å². The molecule has 0 bridgehead atoms. The highest BCUT2D eigenvalue weighted by Gasteiger charge is 2.15. The van der Waals surface area contributed by atoms with Crippen molar-refractivity contribution in [3.63, 3.8) is 0 Å². The number of non-ortho nitro benzene ring substituents is 1. The number of nitrogens with one attached hydrogen (secondary N) is 1. The number of carbonyl (C=O) groups excluding carboxylic acids is 2. The molecule has 0 aliphatic carbocycles. The van der Waals surface area contributed by atoms with Gasteiger partial charge in [-0.15, -0.1) is 0 Å². The Balaban J connectivity index is 1.77. The Kier molecular flexibility index (Phi) is 7.36. The van der Waals surface area contributed by atoms with E-state index in [0.717, 1.165) is 5.56 Å². The molecular weight excluding hydrogens is 438 g/mol. The molecule has 0 aromatic heterocycles. The lowest BCUT2D eigenvalue weighted by Crippen LogP contribution is -2.13. The van der Waals surface area contributed by atoms with Gasteiger partial charge in [-0.05, 0) is 55.0 Å². The second-order valence-electron chi connectivity index (χ2n) is 7.09. The van der Waals surface area contributed by atoms with Crippen LogP contribution in [0.3, 0.4) is 0 Å². The highest BCUT2D eigenvalue weighted by molar-refractivity contribution is 6.09. The number of esters is 1. The normalized spacial score (nSPS) is 10.7. The number of hydrogen-bond donors (Lipinski definition) is 1. The van der Waals surface area contributed by atoms with Gasteiger partial charge in [0.2, 0.25) is 0 Å². The SMILES string of the molecule is COc1cc(/C=C(\C#N)C(=O)Nc2ccc([N+](=O)[O-])cc2)ccc1OC(=O)c1ccc(C)cc1. The third-order valence-electron chi connectivity index (χ3n) is 4.69. The van der Waals surface area contributed by atoms with Gasteiger partial charge in [0.15, 0.2) is 11.5 Å². The van der Waals surface area contributed by atoms with E-state index in [1.165, 1.54) is 49.6 Å². The predicted octanol–water partition coefficient (Wildman–Crippen LogP) is 4.68. The number of nitro benzene ring substituents is 1. The summed E-state index contributed by atoms with van der Waals surface area (Å²) in [7, 11) is 1.40. The second-order valence-corrected chi connectivity index (χ2v) is 7.09. The third-order valence-corrected chi connectivity index (χ3v) is 4.69. The molecule has 9 nitrogen and oxygen atoms in total. The molecule has 170 valence electrons. The molecule has 3 aromatic rings. The van der Waals surface area contributed by atoms with E-state index in [1.807, 2.05) is 13.0 Å². The van der Waals surface area contributed by atoms with E-state index in [9.17, 15) is 25.0 Å². The zero-order valence-corrected chi connectivity index (χ0v) is 18.3. The minimum atomic E-state index is -0.690. The van der Waals surface area contributed by atoms with Gasteiger partial charge in [0.05, 0.1) is 17.6 Å². The molecule has 0 radical (unpaired) electrons. The molecule has 0 heterocycles. The van der Waals surface area contributed by atoms with Crippen molar-refractivity contribution in [2.45, 2.75) is 6.92 Å². The number of anilines is 1. The zero-order valence-electron chi connectivity index (χ0n) is 18.3. The van der Waals surface area contributed by atoms with Crippen LogP contribution in [0.4, 0.5) is 11.4 Å². The van der Waals surface area contributed by atoms with Crippen molar-refractivity contribution in [2.75, 3.05) is 12.4 Å². The van der Waals surface area contributed by atoms with Crippen molar-refractivity contribution < 1.29 is 24.0 Å². The summed E-state index contributed by atoms with van der Waals surface area (Å²) in [6.07, 6.45) is 1.34. The summed E-state index contributed by atoms with van der Waals surface area (Å²) in [5, 5.41) is 22.7. The molecule has 0 aliphatic rings. The van der Waals surface area contributed by atoms with E-state index in [-0.39, 0.29) is 22.8 Å². The average molecular weight is 457 g/mol. The first-order valence-corrected chi connectivity index (χ1v) is 9.95. The van der Waals surface area contributed by atoms with E-state index >= 15 is 0 Å². The minimum absolute atomic E-state index is 0.121. The molecule has 0 saturated heterocycles. The van der Waals surface area contributed by atoms with Gasteiger partial charge in [0, 0.05) is 17.8 Å². The summed E-state index contributed by atoms with van der Waals surface area (Å²) < 4.78 is 10.7. The number of hydrogen-bond acceptors (Lipinski definition) is 7. The van der Waals surface area contributed by atoms with Crippen LogP contribution in [-0.2, 0) is 4.79 Å². The number of aryl methyl sites for hydroxylation is 1. The quantitative estimate of drug-likeness (QED) is 0.136. The minimum Gasteiger partial charge on any atom is -0.493 e. The molecule has 1 amide bonds. The topological polar surface area (TPSA) is 132 Å². The molecule has 0 atom stereocenters. The summed E-state index contributed by atoms with van der Waals surface area (Å²) in [6.45, 7) is 1.91. The first-order chi connectivity index (χ1) is 16.3. The van der Waals surface area contributed by atoms with Crippen LogP contribution in [0, 0.1) is 28.4 Å². The van der Waals surface area contributed by atoms with Gasteiger partial charge in [-0.3, -0.25) is 14.9 Å². The fraction of sp³-hybridized carbons (Fsp3) is 0.0800. The van der Waals surface area contributed by atoms with Crippen molar-refractivity contribution >= 4 is 29.3 Å². The number of rotatable bonds is 7. The van der Waals surface area contributed by atoms with E-state index in [1.54, 1.807) is 30.3 Å². The summed E-state index contributed by atoms with van der Waals surface area (Å²) in [5.74, 6) is -0.826. The third kappa shape index (κ3) is 5.83. The molecule has 3 aromatic carbocycles. The molecule has 9 heteroatoms. The Morgan fingerprint density at radius 1 is 1.03 bits per heavy atom.